The van der Waals surface area contributed by atoms with Gasteiger partial charge < -0.3 is 15.5 Å². The number of fused-ring (bicyclic) bond motifs is 1. The van der Waals surface area contributed by atoms with Crippen LogP contribution in [-0.4, -0.2) is 18.5 Å². The van der Waals surface area contributed by atoms with Crippen molar-refractivity contribution in [1.82, 2.24) is 5.32 Å². The van der Waals surface area contributed by atoms with E-state index in [1.165, 1.54) is 0 Å². The maximum absolute atomic E-state index is 11.2. The van der Waals surface area contributed by atoms with Crippen LogP contribution in [0.15, 0.2) is 34.7 Å². The highest BCUT2D eigenvalue weighted by atomic mass is 35.5. The van der Waals surface area contributed by atoms with Crippen LogP contribution in [0.4, 0.5) is 0 Å². The van der Waals surface area contributed by atoms with Gasteiger partial charge in [-0.2, -0.15) is 0 Å². The fourth-order valence-corrected chi connectivity index (χ4v) is 1.63. The van der Waals surface area contributed by atoms with E-state index in [1.807, 2.05) is 30.3 Å². The molecule has 0 radical (unpaired) electrons. The summed E-state index contributed by atoms with van der Waals surface area (Å²) in [5, 5.41) is 3.84. The van der Waals surface area contributed by atoms with Crippen LogP contribution in [0.25, 0.3) is 11.0 Å². The highest BCUT2D eigenvalue weighted by Crippen LogP contribution is 2.18. The van der Waals surface area contributed by atoms with Gasteiger partial charge in [-0.1, -0.05) is 18.2 Å². The minimum absolute atomic E-state index is 0. The van der Waals surface area contributed by atoms with Crippen molar-refractivity contribution < 1.29 is 9.21 Å². The number of hydrogen-bond acceptors (Lipinski definition) is 3. The normalized spacial score (nSPS) is 11.9. The summed E-state index contributed by atoms with van der Waals surface area (Å²) in [6.45, 7) is 2.21. The first-order chi connectivity index (χ1) is 8.16. The largest absolute Gasteiger partial charge is 0.461 e. The molecule has 1 heterocycles. The molecule has 3 N–H and O–H groups in total. The summed E-state index contributed by atoms with van der Waals surface area (Å²) in [6.07, 6.45) is 0.674. The predicted octanol–water partition coefficient (Wildman–Crippen LogP) is 1.86. The third-order valence-corrected chi connectivity index (χ3v) is 2.56. The molecule has 0 bridgehead atoms. The van der Waals surface area contributed by atoms with E-state index >= 15 is 0 Å². The first-order valence-electron chi connectivity index (χ1n) is 5.67. The van der Waals surface area contributed by atoms with E-state index in [2.05, 4.69) is 5.32 Å². The molecule has 0 aliphatic rings. The van der Waals surface area contributed by atoms with Crippen LogP contribution in [0.2, 0.25) is 0 Å². The lowest BCUT2D eigenvalue weighted by Gasteiger charge is -2.05. The van der Waals surface area contributed by atoms with Gasteiger partial charge >= 0.3 is 0 Å². The van der Waals surface area contributed by atoms with Gasteiger partial charge in [0, 0.05) is 18.4 Å². The second-order valence-corrected chi connectivity index (χ2v) is 4.08. The number of halogens is 1. The second kappa shape index (κ2) is 6.42. The molecule has 2 rings (SSSR count). The van der Waals surface area contributed by atoms with Crippen molar-refractivity contribution in [3.8, 4) is 0 Å². The smallest absolute Gasteiger partial charge is 0.236 e. The van der Waals surface area contributed by atoms with Gasteiger partial charge in [-0.25, -0.2) is 0 Å². The third-order valence-electron chi connectivity index (χ3n) is 2.56. The van der Waals surface area contributed by atoms with Crippen LogP contribution in [0.3, 0.4) is 0 Å². The summed E-state index contributed by atoms with van der Waals surface area (Å²) in [5.74, 6) is 0.734. The summed E-state index contributed by atoms with van der Waals surface area (Å²) in [7, 11) is 0. The van der Waals surface area contributed by atoms with Crippen LogP contribution in [0.5, 0.6) is 0 Å². The molecule has 0 saturated heterocycles. The topological polar surface area (TPSA) is 68.3 Å². The average Bonchev–Trinajstić information content (AvgIpc) is 2.71. The number of carbonyl (C=O) groups is 1. The first-order valence-corrected chi connectivity index (χ1v) is 5.67. The van der Waals surface area contributed by atoms with Crippen LogP contribution < -0.4 is 11.1 Å². The number of furan rings is 1. The number of rotatable bonds is 4. The molecule has 1 amide bonds. The second-order valence-electron chi connectivity index (χ2n) is 4.08. The Morgan fingerprint density at radius 2 is 2.17 bits per heavy atom. The Balaban J connectivity index is 0.00000162. The van der Waals surface area contributed by atoms with Crippen molar-refractivity contribution in [2.24, 2.45) is 5.73 Å². The van der Waals surface area contributed by atoms with Crippen LogP contribution in [0.1, 0.15) is 12.7 Å². The maximum atomic E-state index is 11.2. The standard InChI is InChI=1S/C13H16N2O2.ClH/c1-9(14)13(16)15-7-6-11-8-10-4-2-3-5-12(10)17-11;/h2-5,8-9H,6-7,14H2,1H3,(H,15,16);1H/t9-;/m1./s1. The molecule has 98 valence electrons. The van der Waals surface area contributed by atoms with Crippen molar-refractivity contribution in [2.75, 3.05) is 6.54 Å². The molecule has 0 spiro atoms. The van der Waals surface area contributed by atoms with Crippen molar-refractivity contribution in [3.63, 3.8) is 0 Å². The number of nitrogens with two attached hydrogens (primary N) is 1. The molecule has 0 saturated carbocycles. The quantitative estimate of drug-likeness (QED) is 0.889. The molecule has 0 unspecified atom stereocenters. The molecule has 0 aliphatic carbocycles. The monoisotopic (exact) mass is 268 g/mol. The lowest BCUT2D eigenvalue weighted by atomic mass is 10.2. The van der Waals surface area contributed by atoms with Crippen LogP contribution in [-0.2, 0) is 11.2 Å². The molecule has 1 aromatic carbocycles. The lowest BCUT2D eigenvalue weighted by Crippen LogP contribution is -2.39. The fourth-order valence-electron chi connectivity index (χ4n) is 1.63. The number of amides is 1. The Kier molecular flexibility index (Phi) is 5.19. The van der Waals surface area contributed by atoms with E-state index in [4.69, 9.17) is 10.2 Å². The fraction of sp³-hybridized carbons (Fsp3) is 0.308. The molecular weight excluding hydrogens is 252 g/mol. The summed E-state index contributed by atoms with van der Waals surface area (Å²) < 4.78 is 5.63. The van der Waals surface area contributed by atoms with Crippen LogP contribution in [0, 0.1) is 0 Å². The third kappa shape index (κ3) is 3.48. The summed E-state index contributed by atoms with van der Waals surface area (Å²) in [4.78, 5) is 11.2. The van der Waals surface area contributed by atoms with E-state index in [1.54, 1.807) is 6.92 Å². The zero-order valence-corrected chi connectivity index (χ0v) is 11.0. The molecule has 0 aliphatic heterocycles. The number of hydrogen-bond donors (Lipinski definition) is 2. The number of nitrogens with one attached hydrogen (secondary N) is 1. The van der Waals surface area contributed by atoms with E-state index < -0.39 is 6.04 Å². The molecule has 5 heteroatoms. The van der Waals surface area contributed by atoms with Gasteiger partial charge in [-0.05, 0) is 19.1 Å². The van der Waals surface area contributed by atoms with E-state index in [9.17, 15) is 4.79 Å². The molecule has 2 aromatic rings. The van der Waals surface area contributed by atoms with Crippen molar-refractivity contribution in [3.05, 3.63) is 36.1 Å². The Labute approximate surface area is 112 Å². The van der Waals surface area contributed by atoms with Gasteiger partial charge in [0.25, 0.3) is 0 Å². The van der Waals surface area contributed by atoms with E-state index in [0.717, 1.165) is 16.7 Å². The number of benzene rings is 1. The molecule has 4 nitrogen and oxygen atoms in total. The average molecular weight is 269 g/mol. The summed E-state index contributed by atoms with van der Waals surface area (Å²) in [6, 6.07) is 9.37. The van der Waals surface area contributed by atoms with E-state index in [-0.39, 0.29) is 18.3 Å². The Morgan fingerprint density at radius 1 is 1.44 bits per heavy atom. The molecular formula is C13H17ClN2O2. The lowest BCUT2D eigenvalue weighted by molar-refractivity contribution is -0.121. The van der Waals surface area contributed by atoms with Crippen molar-refractivity contribution >= 4 is 29.3 Å². The summed E-state index contributed by atoms with van der Waals surface area (Å²) in [5.41, 5.74) is 6.32. The SMILES string of the molecule is C[C@@H](N)C(=O)NCCc1cc2ccccc2o1.Cl. The first kappa shape index (κ1) is 14.5. The van der Waals surface area contributed by atoms with Gasteiger partial charge in [0.1, 0.15) is 11.3 Å². The molecule has 18 heavy (non-hydrogen) atoms. The van der Waals surface area contributed by atoms with Gasteiger partial charge in [0.15, 0.2) is 0 Å². The predicted molar refractivity (Wildman–Crippen MR) is 73.8 cm³/mol. The Bertz CT molecular complexity index is 489. The minimum Gasteiger partial charge on any atom is -0.461 e. The Hall–Kier alpha value is -1.52. The highest BCUT2D eigenvalue weighted by Gasteiger charge is 2.07. The maximum Gasteiger partial charge on any atom is 0.236 e. The van der Waals surface area contributed by atoms with E-state index in [0.29, 0.717) is 13.0 Å². The van der Waals surface area contributed by atoms with Gasteiger partial charge in [0.05, 0.1) is 6.04 Å². The highest BCUT2D eigenvalue weighted by molar-refractivity contribution is 5.85. The zero-order valence-electron chi connectivity index (χ0n) is 10.2. The minimum atomic E-state index is -0.467. The molecule has 1 aromatic heterocycles. The number of carbonyl (C=O) groups excluding carboxylic acids is 1. The van der Waals surface area contributed by atoms with Crippen LogP contribution >= 0.6 is 12.4 Å². The molecule has 0 fully saturated rings. The Morgan fingerprint density at radius 3 is 2.83 bits per heavy atom. The zero-order chi connectivity index (χ0) is 12.3. The van der Waals surface area contributed by atoms with Gasteiger partial charge in [-0.3, -0.25) is 4.79 Å². The molecule has 1 atom stereocenters. The number of para-hydroxylation sites is 1. The van der Waals surface area contributed by atoms with Gasteiger partial charge in [-0.15, -0.1) is 12.4 Å². The summed E-state index contributed by atoms with van der Waals surface area (Å²) >= 11 is 0. The van der Waals surface area contributed by atoms with Crippen molar-refractivity contribution in [1.29, 1.82) is 0 Å². The van der Waals surface area contributed by atoms with Crippen molar-refractivity contribution in [2.45, 2.75) is 19.4 Å². The van der Waals surface area contributed by atoms with Gasteiger partial charge in [0.2, 0.25) is 5.91 Å².